The highest BCUT2D eigenvalue weighted by molar-refractivity contribution is 6.11. The summed E-state index contributed by atoms with van der Waals surface area (Å²) >= 11 is 0. The minimum Gasteiger partial charge on any atom is -0.293 e. The van der Waals surface area contributed by atoms with Crippen molar-refractivity contribution < 1.29 is 9.59 Å². The summed E-state index contributed by atoms with van der Waals surface area (Å²) in [6.45, 7) is 0.536. The molecule has 1 fully saturated rings. The van der Waals surface area contributed by atoms with E-state index in [1.165, 1.54) is 12.2 Å². The first-order chi connectivity index (χ1) is 5.29. The van der Waals surface area contributed by atoms with Gasteiger partial charge in [0.15, 0.2) is 11.6 Å². The molecule has 0 aromatic rings. The van der Waals surface area contributed by atoms with Crippen LogP contribution in [0.2, 0.25) is 0 Å². The van der Waals surface area contributed by atoms with Crippen molar-refractivity contribution in [2.75, 3.05) is 6.67 Å². The molecule has 2 aliphatic rings. The molecular weight excluding hydrogens is 144 g/mol. The van der Waals surface area contributed by atoms with Crippen molar-refractivity contribution in [3.05, 3.63) is 12.2 Å². The lowest BCUT2D eigenvalue weighted by Gasteiger charge is -2.16. The molecule has 4 nitrogen and oxygen atoms in total. The Hall–Kier alpha value is -1.00. The Morgan fingerprint density at radius 1 is 1.09 bits per heavy atom. The Morgan fingerprint density at radius 2 is 1.55 bits per heavy atom. The van der Waals surface area contributed by atoms with E-state index in [0.717, 1.165) is 0 Å². The number of hydrogen-bond donors (Lipinski definition) is 2. The number of fused-ring (bicyclic) bond motifs is 1. The molecule has 0 spiro atoms. The minimum atomic E-state index is -0.326. The molecule has 2 N–H and O–H groups in total. The van der Waals surface area contributed by atoms with E-state index in [9.17, 15) is 9.59 Å². The second-order valence-electron chi connectivity index (χ2n) is 2.68. The van der Waals surface area contributed by atoms with Crippen LogP contribution in [0.1, 0.15) is 0 Å². The van der Waals surface area contributed by atoms with E-state index in [1.807, 2.05) is 0 Å². The Labute approximate surface area is 63.7 Å². The fourth-order valence-electron chi connectivity index (χ4n) is 1.42. The summed E-state index contributed by atoms with van der Waals surface area (Å²) in [4.78, 5) is 22.2. The average molecular weight is 152 g/mol. The quantitative estimate of drug-likeness (QED) is 0.447. The van der Waals surface area contributed by atoms with E-state index >= 15 is 0 Å². The second kappa shape index (κ2) is 2.25. The van der Waals surface area contributed by atoms with Crippen molar-refractivity contribution in [1.82, 2.24) is 10.6 Å². The Morgan fingerprint density at radius 3 is 2.00 bits per heavy atom. The number of hydrogen-bond acceptors (Lipinski definition) is 4. The molecule has 0 amide bonds. The van der Waals surface area contributed by atoms with Crippen LogP contribution in [0.3, 0.4) is 0 Å². The van der Waals surface area contributed by atoms with Crippen LogP contribution < -0.4 is 10.6 Å². The third kappa shape index (κ3) is 0.911. The standard InChI is InChI=1S/C7H8N2O2/c10-4-1-2-5(11)7-6(4)8-3-9-7/h1-2,6-9H,3H2. The molecule has 0 aromatic heterocycles. The maximum Gasteiger partial charge on any atom is 0.174 e. The monoisotopic (exact) mass is 152 g/mol. The van der Waals surface area contributed by atoms with Crippen LogP contribution in [0, 0.1) is 0 Å². The molecule has 0 radical (unpaired) electrons. The summed E-state index contributed by atoms with van der Waals surface area (Å²) in [5.41, 5.74) is 0. The predicted molar refractivity (Wildman–Crippen MR) is 37.9 cm³/mol. The second-order valence-corrected chi connectivity index (χ2v) is 2.68. The molecule has 2 unspecified atom stereocenters. The average Bonchev–Trinajstić information content (AvgIpc) is 2.45. The van der Waals surface area contributed by atoms with Crippen LogP contribution in [-0.4, -0.2) is 30.3 Å². The molecule has 1 heterocycles. The van der Waals surface area contributed by atoms with Gasteiger partial charge in [-0.1, -0.05) is 0 Å². The van der Waals surface area contributed by atoms with Gasteiger partial charge >= 0.3 is 0 Å². The largest absolute Gasteiger partial charge is 0.293 e. The Bertz CT molecular complexity index is 223. The summed E-state index contributed by atoms with van der Waals surface area (Å²) in [6, 6.07) is -0.653. The fourth-order valence-corrected chi connectivity index (χ4v) is 1.42. The maximum atomic E-state index is 11.1. The van der Waals surface area contributed by atoms with Gasteiger partial charge < -0.3 is 0 Å². The Balaban J connectivity index is 2.32. The summed E-state index contributed by atoms with van der Waals surface area (Å²) in [5, 5.41) is 5.81. The van der Waals surface area contributed by atoms with Gasteiger partial charge in [0, 0.05) is 6.67 Å². The zero-order chi connectivity index (χ0) is 7.84. The lowest BCUT2D eigenvalue weighted by Crippen LogP contribution is -2.46. The molecule has 4 heteroatoms. The molecule has 0 aromatic carbocycles. The van der Waals surface area contributed by atoms with Crippen LogP contribution in [0.5, 0.6) is 0 Å². The summed E-state index contributed by atoms with van der Waals surface area (Å²) in [7, 11) is 0. The van der Waals surface area contributed by atoms with Gasteiger partial charge in [0.25, 0.3) is 0 Å². The van der Waals surface area contributed by atoms with Gasteiger partial charge in [0.05, 0.1) is 12.1 Å². The highest BCUT2D eigenvalue weighted by Gasteiger charge is 2.37. The molecule has 0 bridgehead atoms. The molecule has 0 saturated carbocycles. The summed E-state index contributed by atoms with van der Waals surface area (Å²) < 4.78 is 0. The number of carbonyl (C=O) groups is 2. The van der Waals surface area contributed by atoms with Crippen LogP contribution in [0.15, 0.2) is 12.2 Å². The topological polar surface area (TPSA) is 58.2 Å². The summed E-state index contributed by atoms with van der Waals surface area (Å²) in [6.07, 6.45) is 2.67. The van der Waals surface area contributed by atoms with E-state index < -0.39 is 0 Å². The number of ketones is 2. The number of nitrogens with one attached hydrogen (secondary N) is 2. The normalized spacial score (nSPS) is 36.0. The fraction of sp³-hybridized carbons (Fsp3) is 0.429. The minimum absolute atomic E-state index is 0.0143. The van der Waals surface area contributed by atoms with Crippen LogP contribution >= 0.6 is 0 Å². The van der Waals surface area contributed by atoms with Gasteiger partial charge in [-0.15, -0.1) is 0 Å². The van der Waals surface area contributed by atoms with E-state index in [0.29, 0.717) is 6.67 Å². The van der Waals surface area contributed by atoms with Crippen molar-refractivity contribution in [2.24, 2.45) is 0 Å². The van der Waals surface area contributed by atoms with Gasteiger partial charge in [-0.3, -0.25) is 20.2 Å². The van der Waals surface area contributed by atoms with Crippen molar-refractivity contribution in [3.8, 4) is 0 Å². The van der Waals surface area contributed by atoms with Gasteiger partial charge in [0.1, 0.15) is 0 Å². The van der Waals surface area contributed by atoms with Crippen molar-refractivity contribution in [2.45, 2.75) is 12.1 Å². The lowest BCUT2D eigenvalue weighted by atomic mass is 9.95. The summed E-state index contributed by atoms with van der Waals surface area (Å²) in [5.74, 6) is -0.0285. The van der Waals surface area contributed by atoms with Crippen LogP contribution in [0.4, 0.5) is 0 Å². The SMILES string of the molecule is O=C1C=CC(=O)C2NCNC12. The molecule has 1 aliphatic heterocycles. The van der Waals surface area contributed by atoms with Crippen LogP contribution in [-0.2, 0) is 9.59 Å². The molecular formula is C7H8N2O2. The van der Waals surface area contributed by atoms with Crippen molar-refractivity contribution >= 4 is 11.6 Å². The lowest BCUT2D eigenvalue weighted by molar-refractivity contribution is -0.123. The zero-order valence-corrected chi connectivity index (χ0v) is 5.83. The van der Waals surface area contributed by atoms with Gasteiger partial charge in [-0.05, 0) is 12.2 Å². The molecule has 58 valence electrons. The number of rotatable bonds is 0. The zero-order valence-electron chi connectivity index (χ0n) is 5.83. The molecule has 2 rings (SSSR count). The molecule has 11 heavy (non-hydrogen) atoms. The van der Waals surface area contributed by atoms with Crippen molar-refractivity contribution in [1.29, 1.82) is 0 Å². The van der Waals surface area contributed by atoms with Crippen LogP contribution in [0.25, 0.3) is 0 Å². The highest BCUT2D eigenvalue weighted by Crippen LogP contribution is 2.09. The van der Waals surface area contributed by atoms with Gasteiger partial charge in [-0.2, -0.15) is 0 Å². The van der Waals surface area contributed by atoms with E-state index in [1.54, 1.807) is 0 Å². The van der Waals surface area contributed by atoms with Gasteiger partial charge in [0.2, 0.25) is 0 Å². The van der Waals surface area contributed by atoms with Crippen molar-refractivity contribution in [3.63, 3.8) is 0 Å². The Kier molecular flexibility index (Phi) is 1.37. The molecule has 1 aliphatic carbocycles. The maximum absolute atomic E-state index is 11.1. The third-order valence-corrected chi connectivity index (χ3v) is 2.00. The highest BCUT2D eigenvalue weighted by atomic mass is 16.1. The molecule has 2 atom stereocenters. The van der Waals surface area contributed by atoms with E-state index in [2.05, 4.69) is 10.6 Å². The first kappa shape index (κ1) is 6.69. The number of carbonyl (C=O) groups excluding carboxylic acids is 2. The van der Waals surface area contributed by atoms with E-state index in [-0.39, 0.29) is 23.7 Å². The first-order valence-corrected chi connectivity index (χ1v) is 3.51. The first-order valence-electron chi connectivity index (χ1n) is 3.51. The van der Waals surface area contributed by atoms with E-state index in [4.69, 9.17) is 0 Å². The smallest absolute Gasteiger partial charge is 0.174 e. The van der Waals surface area contributed by atoms with Gasteiger partial charge in [-0.25, -0.2) is 0 Å². The third-order valence-electron chi connectivity index (χ3n) is 2.00. The predicted octanol–water partition coefficient (Wildman–Crippen LogP) is -1.42. The molecule has 1 saturated heterocycles.